The molecule has 5 nitrogen and oxygen atoms in total. The highest BCUT2D eigenvalue weighted by atomic mass is 19.1. The second-order valence-corrected chi connectivity index (χ2v) is 3.78. The maximum absolute atomic E-state index is 13.3. The average Bonchev–Trinajstić information content (AvgIpc) is 2.27. The van der Waals surface area contributed by atoms with E-state index in [1.807, 2.05) is 6.07 Å². The Morgan fingerprint density at radius 3 is 2.82 bits per heavy atom. The van der Waals surface area contributed by atoms with Crippen LogP contribution in [0.5, 0.6) is 0 Å². The predicted molar refractivity (Wildman–Crippen MR) is 61.1 cm³/mol. The SMILES string of the molecule is CC(C#N)CN(C)c1cccc(F)c1[N+](=O)[O-]. The molecular weight excluding hydrogens is 225 g/mol. The molecule has 1 rings (SSSR count). The van der Waals surface area contributed by atoms with Crippen LogP contribution < -0.4 is 4.90 Å². The molecule has 0 spiro atoms. The van der Waals surface area contributed by atoms with Crippen molar-refractivity contribution in [1.82, 2.24) is 0 Å². The smallest absolute Gasteiger partial charge is 0.327 e. The van der Waals surface area contributed by atoms with Gasteiger partial charge in [-0.2, -0.15) is 9.65 Å². The molecule has 0 aliphatic heterocycles. The van der Waals surface area contributed by atoms with Crippen LogP contribution in [0.2, 0.25) is 0 Å². The molecule has 0 heterocycles. The molecule has 0 saturated heterocycles. The van der Waals surface area contributed by atoms with Gasteiger partial charge in [-0.15, -0.1) is 0 Å². The van der Waals surface area contributed by atoms with Crippen LogP contribution in [0.25, 0.3) is 0 Å². The number of nitrogens with zero attached hydrogens (tertiary/aromatic N) is 3. The molecule has 0 bridgehead atoms. The van der Waals surface area contributed by atoms with Crippen molar-refractivity contribution in [1.29, 1.82) is 5.26 Å². The van der Waals surface area contributed by atoms with E-state index < -0.39 is 16.4 Å². The van der Waals surface area contributed by atoms with E-state index in [1.165, 1.54) is 17.0 Å². The van der Waals surface area contributed by atoms with Crippen LogP contribution in [-0.4, -0.2) is 18.5 Å². The third-order valence-corrected chi connectivity index (χ3v) is 2.33. The minimum atomic E-state index is -0.871. The Balaban J connectivity index is 3.10. The fourth-order valence-corrected chi connectivity index (χ4v) is 1.54. The van der Waals surface area contributed by atoms with Crippen molar-refractivity contribution < 1.29 is 9.31 Å². The van der Waals surface area contributed by atoms with Crippen molar-refractivity contribution in [2.75, 3.05) is 18.5 Å². The molecule has 0 amide bonds. The largest absolute Gasteiger partial charge is 0.368 e. The van der Waals surface area contributed by atoms with Crippen molar-refractivity contribution in [3.63, 3.8) is 0 Å². The quantitative estimate of drug-likeness (QED) is 0.595. The van der Waals surface area contributed by atoms with Crippen molar-refractivity contribution in [3.8, 4) is 6.07 Å². The van der Waals surface area contributed by atoms with E-state index in [2.05, 4.69) is 0 Å². The molecule has 17 heavy (non-hydrogen) atoms. The van der Waals surface area contributed by atoms with Crippen LogP contribution in [0, 0.1) is 33.2 Å². The van der Waals surface area contributed by atoms with Crippen molar-refractivity contribution >= 4 is 11.4 Å². The van der Waals surface area contributed by atoms with Gasteiger partial charge < -0.3 is 4.90 Å². The monoisotopic (exact) mass is 237 g/mol. The highest BCUT2D eigenvalue weighted by molar-refractivity contribution is 5.63. The Morgan fingerprint density at radius 1 is 1.65 bits per heavy atom. The third kappa shape index (κ3) is 2.91. The van der Waals surface area contributed by atoms with E-state index >= 15 is 0 Å². The molecule has 0 aliphatic rings. The summed E-state index contributed by atoms with van der Waals surface area (Å²) in [5.74, 6) is -1.16. The molecule has 1 atom stereocenters. The van der Waals surface area contributed by atoms with Gasteiger partial charge in [-0.05, 0) is 19.1 Å². The second kappa shape index (κ2) is 5.25. The summed E-state index contributed by atoms with van der Waals surface area (Å²) in [7, 11) is 1.59. The van der Waals surface area contributed by atoms with Crippen LogP contribution in [0.1, 0.15) is 6.92 Å². The molecule has 1 aromatic rings. The van der Waals surface area contributed by atoms with E-state index in [-0.39, 0.29) is 11.6 Å². The van der Waals surface area contributed by atoms with E-state index in [0.717, 1.165) is 6.07 Å². The molecule has 0 radical (unpaired) electrons. The zero-order valence-corrected chi connectivity index (χ0v) is 9.55. The molecule has 0 N–H and O–H groups in total. The number of nitro groups is 1. The summed E-state index contributed by atoms with van der Waals surface area (Å²) in [5, 5.41) is 19.5. The Kier molecular flexibility index (Phi) is 3.99. The fourth-order valence-electron chi connectivity index (χ4n) is 1.54. The topological polar surface area (TPSA) is 70.2 Å². The zero-order valence-electron chi connectivity index (χ0n) is 9.55. The highest BCUT2D eigenvalue weighted by Gasteiger charge is 2.22. The maximum atomic E-state index is 13.3. The number of para-hydroxylation sites is 1. The first-order valence-corrected chi connectivity index (χ1v) is 5.01. The standard InChI is InChI=1S/C11H12FN3O2/c1-8(6-13)7-14(2)10-5-3-4-9(12)11(10)15(16)17/h3-5,8H,7H2,1-2H3. The third-order valence-electron chi connectivity index (χ3n) is 2.33. The molecule has 1 aromatic carbocycles. The van der Waals surface area contributed by atoms with Crippen LogP contribution in [0.3, 0.4) is 0 Å². The molecule has 0 aliphatic carbocycles. The van der Waals surface area contributed by atoms with Gasteiger partial charge in [0.1, 0.15) is 5.69 Å². The van der Waals surface area contributed by atoms with Gasteiger partial charge in [0, 0.05) is 13.6 Å². The summed E-state index contributed by atoms with van der Waals surface area (Å²) in [6.07, 6.45) is 0. The van der Waals surface area contributed by atoms with Gasteiger partial charge in [0.2, 0.25) is 5.82 Å². The maximum Gasteiger partial charge on any atom is 0.327 e. The summed E-state index contributed by atoms with van der Waals surface area (Å²) in [5.41, 5.74) is -0.378. The minimum absolute atomic E-state index is 0.178. The Labute approximate surface area is 98.2 Å². The van der Waals surface area contributed by atoms with Gasteiger partial charge in [0.25, 0.3) is 0 Å². The summed E-state index contributed by atoms with van der Waals surface area (Å²) in [6.45, 7) is 2.00. The summed E-state index contributed by atoms with van der Waals surface area (Å²) in [4.78, 5) is 11.5. The van der Waals surface area contributed by atoms with Crippen molar-refractivity contribution in [2.45, 2.75) is 6.92 Å². The lowest BCUT2D eigenvalue weighted by molar-refractivity contribution is -0.386. The Bertz CT molecular complexity index is 470. The van der Waals surface area contributed by atoms with Crippen molar-refractivity contribution in [3.05, 3.63) is 34.1 Å². The number of nitriles is 1. The number of anilines is 1. The normalized spacial score (nSPS) is 11.6. The van der Waals surface area contributed by atoms with E-state index in [0.29, 0.717) is 6.54 Å². The van der Waals surface area contributed by atoms with Gasteiger partial charge in [0.05, 0.1) is 16.9 Å². The summed E-state index contributed by atoms with van der Waals surface area (Å²) in [6, 6.07) is 5.94. The summed E-state index contributed by atoms with van der Waals surface area (Å²) >= 11 is 0. The van der Waals surface area contributed by atoms with Crippen LogP contribution >= 0.6 is 0 Å². The predicted octanol–water partition coefficient (Wildman–Crippen LogP) is 2.33. The Morgan fingerprint density at radius 2 is 2.29 bits per heavy atom. The van der Waals surface area contributed by atoms with Crippen LogP contribution in [0.15, 0.2) is 18.2 Å². The lowest BCUT2D eigenvalue weighted by atomic mass is 10.1. The fraction of sp³-hybridized carbons (Fsp3) is 0.364. The second-order valence-electron chi connectivity index (χ2n) is 3.78. The number of nitro benzene ring substituents is 1. The first-order valence-electron chi connectivity index (χ1n) is 5.01. The molecule has 0 saturated carbocycles. The van der Waals surface area contributed by atoms with Gasteiger partial charge in [0.15, 0.2) is 0 Å². The van der Waals surface area contributed by atoms with E-state index in [1.54, 1.807) is 14.0 Å². The van der Waals surface area contributed by atoms with E-state index in [9.17, 15) is 14.5 Å². The number of rotatable bonds is 4. The van der Waals surface area contributed by atoms with Crippen LogP contribution in [-0.2, 0) is 0 Å². The van der Waals surface area contributed by atoms with Gasteiger partial charge in [-0.3, -0.25) is 10.1 Å². The molecular formula is C11H12FN3O2. The molecule has 90 valence electrons. The van der Waals surface area contributed by atoms with Gasteiger partial charge in [-0.1, -0.05) is 6.07 Å². The van der Waals surface area contributed by atoms with Crippen molar-refractivity contribution in [2.24, 2.45) is 5.92 Å². The van der Waals surface area contributed by atoms with Gasteiger partial charge in [-0.25, -0.2) is 0 Å². The first kappa shape index (κ1) is 12.9. The minimum Gasteiger partial charge on any atom is -0.368 e. The molecule has 0 aromatic heterocycles. The number of halogens is 1. The first-order chi connectivity index (χ1) is 7.97. The number of hydrogen-bond acceptors (Lipinski definition) is 4. The molecule has 0 fully saturated rings. The molecule has 6 heteroatoms. The lowest BCUT2D eigenvalue weighted by Crippen LogP contribution is -2.24. The molecule has 1 unspecified atom stereocenters. The average molecular weight is 237 g/mol. The highest BCUT2D eigenvalue weighted by Crippen LogP contribution is 2.30. The van der Waals surface area contributed by atoms with Crippen LogP contribution in [0.4, 0.5) is 15.8 Å². The lowest BCUT2D eigenvalue weighted by Gasteiger charge is -2.20. The van der Waals surface area contributed by atoms with E-state index in [4.69, 9.17) is 5.26 Å². The number of benzene rings is 1. The Hall–Kier alpha value is -2.16. The number of hydrogen-bond donors (Lipinski definition) is 0. The van der Waals surface area contributed by atoms with Gasteiger partial charge >= 0.3 is 5.69 Å². The zero-order chi connectivity index (χ0) is 13.0. The summed E-state index contributed by atoms with van der Waals surface area (Å²) < 4.78 is 13.3.